The van der Waals surface area contributed by atoms with Crippen molar-refractivity contribution in [2.45, 2.75) is 11.5 Å². The van der Waals surface area contributed by atoms with E-state index in [9.17, 15) is 13.2 Å². The van der Waals surface area contributed by atoms with E-state index in [4.69, 9.17) is 15.4 Å². The van der Waals surface area contributed by atoms with Crippen LogP contribution < -0.4 is 0 Å². The van der Waals surface area contributed by atoms with Crippen LogP contribution in [0.4, 0.5) is 0 Å². The number of ether oxygens (including phenoxy) is 1. The quantitative estimate of drug-likeness (QED) is 0.788. The number of amides is 1. The van der Waals surface area contributed by atoms with Gasteiger partial charge in [-0.15, -0.1) is 0 Å². The molecule has 0 aliphatic heterocycles. The number of carbonyl (C=O) groups excluding carboxylic acids is 1. The third-order valence-electron chi connectivity index (χ3n) is 2.30. The number of methoxy groups -OCH3 is 1. The summed E-state index contributed by atoms with van der Waals surface area (Å²) in [7, 11) is 6.07. The van der Waals surface area contributed by atoms with Gasteiger partial charge in [-0.25, -0.2) is 8.42 Å². The first kappa shape index (κ1) is 14.9. The minimum absolute atomic E-state index is 0.103. The van der Waals surface area contributed by atoms with E-state index in [-0.39, 0.29) is 23.0 Å². The van der Waals surface area contributed by atoms with Crippen molar-refractivity contribution in [2.24, 2.45) is 0 Å². The van der Waals surface area contributed by atoms with E-state index in [0.29, 0.717) is 5.56 Å². The molecule has 1 amide bonds. The molecule has 1 rings (SSSR count). The Bertz CT molecular complexity index is 554. The number of rotatable bonds is 4. The van der Waals surface area contributed by atoms with Crippen molar-refractivity contribution < 1.29 is 17.9 Å². The zero-order valence-electron chi connectivity index (χ0n) is 10.3. The normalized spacial score (nSPS) is 11.3. The number of hydrogen-bond donors (Lipinski definition) is 0. The first-order chi connectivity index (χ1) is 8.27. The predicted molar refractivity (Wildman–Crippen MR) is 68.2 cm³/mol. The lowest BCUT2D eigenvalue weighted by atomic mass is 10.1. The molecule has 0 fully saturated rings. The van der Waals surface area contributed by atoms with E-state index in [2.05, 4.69) is 0 Å². The first-order valence-electron chi connectivity index (χ1n) is 5.05. The van der Waals surface area contributed by atoms with Crippen LogP contribution in [0.3, 0.4) is 0 Å². The molecule has 0 saturated carbocycles. The molecule has 1 aromatic rings. The largest absolute Gasteiger partial charge is 0.380 e. The summed E-state index contributed by atoms with van der Waals surface area (Å²) < 4.78 is 27.5. The molecule has 0 heterocycles. The maximum Gasteiger partial charge on any atom is 0.261 e. The molecule has 0 radical (unpaired) electrons. The molecule has 0 atom stereocenters. The highest BCUT2D eigenvalue weighted by molar-refractivity contribution is 8.13. The Hall–Kier alpha value is -1.11. The molecule has 5 nitrogen and oxygen atoms in total. The Labute approximate surface area is 111 Å². The van der Waals surface area contributed by atoms with Gasteiger partial charge in [0.25, 0.3) is 15.0 Å². The van der Waals surface area contributed by atoms with Gasteiger partial charge in [-0.3, -0.25) is 4.79 Å². The molecule has 18 heavy (non-hydrogen) atoms. The highest BCUT2D eigenvalue weighted by atomic mass is 35.7. The van der Waals surface area contributed by atoms with Crippen LogP contribution in [0.15, 0.2) is 23.1 Å². The molecule has 0 N–H and O–H groups in total. The van der Waals surface area contributed by atoms with E-state index in [1.54, 1.807) is 14.1 Å². The topological polar surface area (TPSA) is 63.7 Å². The van der Waals surface area contributed by atoms with Gasteiger partial charge < -0.3 is 9.64 Å². The van der Waals surface area contributed by atoms with Gasteiger partial charge in [0, 0.05) is 37.5 Å². The molecule has 0 aromatic heterocycles. The molecule has 0 bridgehead atoms. The lowest BCUT2D eigenvalue weighted by molar-refractivity contribution is 0.0822. The minimum atomic E-state index is -3.86. The van der Waals surface area contributed by atoms with Crippen molar-refractivity contribution in [3.8, 4) is 0 Å². The average molecular weight is 292 g/mol. The summed E-state index contributed by atoms with van der Waals surface area (Å²) in [6.07, 6.45) is 0. The number of carbonyl (C=O) groups is 1. The lowest BCUT2D eigenvalue weighted by Gasteiger charge is -2.14. The van der Waals surface area contributed by atoms with Gasteiger partial charge in [-0.05, 0) is 17.7 Å². The molecule has 7 heteroatoms. The van der Waals surface area contributed by atoms with Gasteiger partial charge >= 0.3 is 0 Å². The van der Waals surface area contributed by atoms with Crippen molar-refractivity contribution in [3.05, 3.63) is 29.3 Å². The van der Waals surface area contributed by atoms with Gasteiger partial charge in [0.15, 0.2) is 0 Å². The molecular weight excluding hydrogens is 278 g/mol. The lowest BCUT2D eigenvalue weighted by Crippen LogP contribution is -2.23. The fourth-order valence-electron chi connectivity index (χ4n) is 1.43. The van der Waals surface area contributed by atoms with Crippen LogP contribution in [0, 0.1) is 0 Å². The van der Waals surface area contributed by atoms with Crippen molar-refractivity contribution in [2.75, 3.05) is 21.2 Å². The van der Waals surface area contributed by atoms with Gasteiger partial charge in [0.1, 0.15) is 0 Å². The van der Waals surface area contributed by atoms with Crippen molar-refractivity contribution in [1.29, 1.82) is 0 Å². The molecule has 100 valence electrons. The summed E-state index contributed by atoms with van der Waals surface area (Å²) in [6, 6.07) is 4.14. The highest BCUT2D eigenvalue weighted by Gasteiger charge is 2.18. The number of benzene rings is 1. The van der Waals surface area contributed by atoms with E-state index in [0.717, 1.165) is 0 Å². The Morgan fingerprint density at radius 2 is 2.00 bits per heavy atom. The number of nitrogens with zero attached hydrogens (tertiary/aromatic N) is 1. The molecular formula is C11H14ClNO4S. The summed E-state index contributed by atoms with van der Waals surface area (Å²) in [5.74, 6) is -0.302. The second-order valence-electron chi connectivity index (χ2n) is 3.89. The molecule has 1 aromatic carbocycles. The predicted octanol–water partition coefficient (Wildman–Crippen LogP) is 1.46. The van der Waals surface area contributed by atoms with Crippen LogP contribution in [-0.4, -0.2) is 40.4 Å². The van der Waals surface area contributed by atoms with Gasteiger partial charge in [-0.1, -0.05) is 6.07 Å². The fraction of sp³-hybridized carbons (Fsp3) is 0.364. The summed E-state index contributed by atoms with van der Waals surface area (Å²) in [5.41, 5.74) is 0.879. The van der Waals surface area contributed by atoms with Gasteiger partial charge in [0.05, 0.1) is 11.5 Å². The van der Waals surface area contributed by atoms with E-state index < -0.39 is 9.05 Å². The molecule has 0 unspecified atom stereocenters. The summed E-state index contributed by atoms with van der Waals surface area (Å²) in [5, 5.41) is 0. The summed E-state index contributed by atoms with van der Waals surface area (Å²) in [4.78, 5) is 13.2. The molecule has 0 spiro atoms. The third-order valence-corrected chi connectivity index (χ3v) is 3.65. The average Bonchev–Trinajstić information content (AvgIpc) is 2.27. The standard InChI is InChI=1S/C11H14ClNO4S/c1-13(2)11(14)10-6-9(18(12,15)16)5-4-8(10)7-17-3/h4-6H,7H2,1-3H3. The summed E-state index contributed by atoms with van der Waals surface area (Å²) in [6.45, 7) is 0.220. The van der Waals surface area contributed by atoms with E-state index in [1.807, 2.05) is 0 Å². The van der Waals surface area contributed by atoms with Gasteiger partial charge in [0.2, 0.25) is 0 Å². The summed E-state index contributed by atoms with van der Waals surface area (Å²) >= 11 is 0. The second-order valence-corrected chi connectivity index (χ2v) is 6.46. The van der Waals surface area contributed by atoms with Crippen molar-refractivity contribution in [1.82, 2.24) is 4.90 Å². The Morgan fingerprint density at radius 1 is 1.39 bits per heavy atom. The Balaban J connectivity index is 3.37. The smallest absolute Gasteiger partial charge is 0.261 e. The zero-order chi connectivity index (χ0) is 13.9. The molecule has 0 saturated heterocycles. The second kappa shape index (κ2) is 5.69. The van der Waals surface area contributed by atoms with Crippen molar-refractivity contribution >= 4 is 25.6 Å². The fourth-order valence-corrected chi connectivity index (χ4v) is 2.21. The highest BCUT2D eigenvalue weighted by Crippen LogP contribution is 2.21. The van der Waals surface area contributed by atoms with E-state index in [1.165, 1.54) is 30.2 Å². The number of hydrogen-bond acceptors (Lipinski definition) is 4. The van der Waals surface area contributed by atoms with Crippen LogP contribution in [0.5, 0.6) is 0 Å². The van der Waals surface area contributed by atoms with Crippen molar-refractivity contribution in [3.63, 3.8) is 0 Å². The van der Waals surface area contributed by atoms with Crippen LogP contribution in [0.2, 0.25) is 0 Å². The molecule has 0 aliphatic rings. The van der Waals surface area contributed by atoms with E-state index >= 15 is 0 Å². The van der Waals surface area contributed by atoms with Crippen LogP contribution in [0.1, 0.15) is 15.9 Å². The Kier molecular flexibility index (Phi) is 4.72. The maximum absolute atomic E-state index is 12.0. The third kappa shape index (κ3) is 3.44. The monoisotopic (exact) mass is 291 g/mol. The van der Waals surface area contributed by atoms with Crippen LogP contribution in [-0.2, 0) is 20.4 Å². The minimum Gasteiger partial charge on any atom is -0.380 e. The SMILES string of the molecule is COCc1ccc(S(=O)(=O)Cl)cc1C(=O)N(C)C. The van der Waals surface area contributed by atoms with Crippen LogP contribution in [0.25, 0.3) is 0 Å². The molecule has 0 aliphatic carbocycles. The first-order valence-corrected chi connectivity index (χ1v) is 7.36. The van der Waals surface area contributed by atoms with Gasteiger partial charge in [-0.2, -0.15) is 0 Å². The number of halogens is 1. The zero-order valence-corrected chi connectivity index (χ0v) is 11.9. The maximum atomic E-state index is 12.0. The van der Waals surface area contributed by atoms with Crippen LogP contribution >= 0.6 is 10.7 Å². The Morgan fingerprint density at radius 3 is 2.44 bits per heavy atom.